The zero-order valence-electron chi connectivity index (χ0n) is 11.4. The van der Waals surface area contributed by atoms with Crippen LogP contribution in [0.5, 0.6) is 0 Å². The first-order chi connectivity index (χ1) is 9.33. The van der Waals surface area contributed by atoms with Crippen molar-refractivity contribution in [2.24, 2.45) is 0 Å². The molecular formula is C17H20N2. The number of para-hydroxylation sites is 1. The summed E-state index contributed by atoms with van der Waals surface area (Å²) in [6, 6.07) is 17.4. The first kappa shape index (κ1) is 12.1. The van der Waals surface area contributed by atoms with E-state index in [0.29, 0.717) is 0 Å². The molecule has 1 N–H and O–H groups in total. The summed E-state index contributed by atoms with van der Waals surface area (Å²) in [6.45, 7) is 2.14. The molecule has 1 aliphatic heterocycles. The molecule has 0 aliphatic carbocycles. The summed E-state index contributed by atoms with van der Waals surface area (Å²) < 4.78 is 0. The van der Waals surface area contributed by atoms with Gasteiger partial charge in [0.25, 0.3) is 0 Å². The number of hydrogen-bond acceptors (Lipinski definition) is 2. The molecule has 2 heteroatoms. The highest BCUT2D eigenvalue weighted by Crippen LogP contribution is 2.23. The normalized spacial score (nSPS) is 12.9. The zero-order valence-corrected chi connectivity index (χ0v) is 11.4. The Bertz CT molecular complexity index is 548. The number of hydrogen-bond donors (Lipinski definition) is 1. The van der Waals surface area contributed by atoms with Gasteiger partial charge in [0.15, 0.2) is 0 Å². The van der Waals surface area contributed by atoms with Crippen molar-refractivity contribution in [2.45, 2.75) is 12.8 Å². The van der Waals surface area contributed by atoms with E-state index in [4.69, 9.17) is 0 Å². The molecule has 3 rings (SSSR count). The third-order valence-corrected chi connectivity index (χ3v) is 3.81. The lowest BCUT2D eigenvalue weighted by atomic mass is 10.1. The molecule has 0 atom stereocenters. The lowest BCUT2D eigenvalue weighted by Gasteiger charge is -2.19. The fraction of sp³-hybridized carbons (Fsp3) is 0.294. The van der Waals surface area contributed by atoms with Crippen molar-refractivity contribution in [1.29, 1.82) is 0 Å². The molecule has 19 heavy (non-hydrogen) atoms. The third-order valence-electron chi connectivity index (χ3n) is 3.81. The van der Waals surface area contributed by atoms with E-state index in [1.165, 1.54) is 22.5 Å². The number of anilines is 2. The van der Waals surface area contributed by atoms with Gasteiger partial charge in [-0.25, -0.2) is 0 Å². The molecule has 0 fully saturated rings. The summed E-state index contributed by atoms with van der Waals surface area (Å²) in [7, 11) is 2.16. The van der Waals surface area contributed by atoms with Crippen LogP contribution in [0, 0.1) is 0 Å². The van der Waals surface area contributed by atoms with E-state index >= 15 is 0 Å². The van der Waals surface area contributed by atoms with Crippen molar-refractivity contribution in [1.82, 2.24) is 0 Å². The smallest absolute Gasteiger partial charge is 0.0373 e. The summed E-state index contributed by atoms with van der Waals surface area (Å²) in [6.07, 6.45) is 2.26. The molecule has 0 saturated heterocycles. The predicted octanol–water partition coefficient (Wildman–Crippen LogP) is 3.33. The van der Waals surface area contributed by atoms with Crippen LogP contribution in [0.2, 0.25) is 0 Å². The molecule has 1 aliphatic rings. The standard InChI is InChI=1S/C17H20N2/c1-19(16-5-3-2-4-6-16)12-10-14-7-8-17-15(13-14)9-11-18-17/h2-8,13,18H,9-12H2,1H3. The van der Waals surface area contributed by atoms with E-state index in [1.807, 2.05) is 0 Å². The van der Waals surface area contributed by atoms with Crippen LogP contribution in [0.25, 0.3) is 0 Å². The van der Waals surface area contributed by atoms with Gasteiger partial charge in [-0.1, -0.05) is 30.3 Å². The summed E-state index contributed by atoms with van der Waals surface area (Å²) in [5.74, 6) is 0. The lowest BCUT2D eigenvalue weighted by Crippen LogP contribution is -2.20. The maximum absolute atomic E-state index is 3.41. The Morgan fingerprint density at radius 1 is 1.11 bits per heavy atom. The van der Waals surface area contributed by atoms with Crippen LogP contribution in [0.4, 0.5) is 11.4 Å². The van der Waals surface area contributed by atoms with E-state index in [0.717, 1.165) is 25.9 Å². The monoisotopic (exact) mass is 252 g/mol. The quantitative estimate of drug-likeness (QED) is 0.898. The van der Waals surface area contributed by atoms with Crippen molar-refractivity contribution in [2.75, 3.05) is 30.4 Å². The summed E-state index contributed by atoms with van der Waals surface area (Å²) in [4.78, 5) is 2.31. The highest BCUT2D eigenvalue weighted by molar-refractivity contribution is 5.56. The Kier molecular flexibility index (Phi) is 3.41. The van der Waals surface area contributed by atoms with Crippen LogP contribution >= 0.6 is 0 Å². The van der Waals surface area contributed by atoms with Crippen LogP contribution in [-0.4, -0.2) is 20.1 Å². The molecule has 2 nitrogen and oxygen atoms in total. The molecule has 0 aromatic heterocycles. The zero-order chi connectivity index (χ0) is 13.1. The van der Waals surface area contributed by atoms with Gasteiger partial charge in [0.2, 0.25) is 0 Å². The molecule has 0 amide bonds. The van der Waals surface area contributed by atoms with E-state index in [-0.39, 0.29) is 0 Å². The van der Waals surface area contributed by atoms with Crippen LogP contribution in [0.1, 0.15) is 11.1 Å². The van der Waals surface area contributed by atoms with Crippen molar-refractivity contribution < 1.29 is 0 Å². The van der Waals surface area contributed by atoms with Crippen molar-refractivity contribution >= 4 is 11.4 Å². The average molecular weight is 252 g/mol. The number of likely N-dealkylation sites (N-methyl/N-ethyl adjacent to an activating group) is 1. The molecule has 2 aromatic carbocycles. The van der Waals surface area contributed by atoms with E-state index in [2.05, 4.69) is 65.8 Å². The highest BCUT2D eigenvalue weighted by Gasteiger charge is 2.10. The summed E-state index contributed by atoms with van der Waals surface area (Å²) in [5.41, 5.74) is 5.51. The fourth-order valence-electron chi connectivity index (χ4n) is 2.62. The summed E-state index contributed by atoms with van der Waals surface area (Å²) in [5, 5.41) is 3.41. The fourth-order valence-corrected chi connectivity index (χ4v) is 2.62. The Labute approximate surface area is 115 Å². The molecule has 1 heterocycles. The minimum Gasteiger partial charge on any atom is -0.384 e. The maximum atomic E-state index is 3.41. The Morgan fingerprint density at radius 2 is 1.95 bits per heavy atom. The minimum atomic E-state index is 1.05. The Balaban J connectivity index is 1.63. The second-order valence-corrected chi connectivity index (χ2v) is 5.18. The number of nitrogens with zero attached hydrogens (tertiary/aromatic N) is 1. The number of rotatable bonds is 4. The van der Waals surface area contributed by atoms with Crippen molar-refractivity contribution in [3.05, 3.63) is 59.7 Å². The first-order valence-electron chi connectivity index (χ1n) is 6.95. The van der Waals surface area contributed by atoms with Gasteiger partial charge in [-0.2, -0.15) is 0 Å². The van der Waals surface area contributed by atoms with Crippen LogP contribution in [0.15, 0.2) is 48.5 Å². The van der Waals surface area contributed by atoms with Crippen LogP contribution in [-0.2, 0) is 12.8 Å². The van der Waals surface area contributed by atoms with Crippen molar-refractivity contribution in [3.8, 4) is 0 Å². The van der Waals surface area contributed by atoms with Gasteiger partial charge >= 0.3 is 0 Å². The molecule has 98 valence electrons. The minimum absolute atomic E-state index is 1.05. The van der Waals surface area contributed by atoms with E-state index in [9.17, 15) is 0 Å². The van der Waals surface area contributed by atoms with Gasteiger partial charge in [-0.3, -0.25) is 0 Å². The van der Waals surface area contributed by atoms with Gasteiger partial charge in [0.1, 0.15) is 0 Å². The van der Waals surface area contributed by atoms with Crippen LogP contribution in [0.3, 0.4) is 0 Å². The molecule has 0 spiro atoms. The second-order valence-electron chi connectivity index (χ2n) is 5.18. The van der Waals surface area contributed by atoms with Gasteiger partial charge in [0, 0.05) is 31.5 Å². The first-order valence-corrected chi connectivity index (χ1v) is 6.95. The average Bonchev–Trinajstić information content (AvgIpc) is 2.93. The third kappa shape index (κ3) is 2.73. The molecule has 0 unspecified atom stereocenters. The highest BCUT2D eigenvalue weighted by atomic mass is 15.1. The molecule has 2 aromatic rings. The van der Waals surface area contributed by atoms with Gasteiger partial charge in [-0.05, 0) is 42.2 Å². The maximum Gasteiger partial charge on any atom is 0.0373 e. The number of fused-ring (bicyclic) bond motifs is 1. The Hall–Kier alpha value is -1.96. The molecule has 0 saturated carbocycles. The topological polar surface area (TPSA) is 15.3 Å². The largest absolute Gasteiger partial charge is 0.384 e. The SMILES string of the molecule is CN(CCc1ccc2c(c1)CCN2)c1ccccc1. The van der Waals surface area contributed by atoms with E-state index < -0.39 is 0 Å². The molecule has 0 radical (unpaired) electrons. The van der Waals surface area contributed by atoms with Crippen molar-refractivity contribution in [3.63, 3.8) is 0 Å². The molecular weight excluding hydrogens is 232 g/mol. The number of benzene rings is 2. The molecule has 0 bridgehead atoms. The summed E-state index contributed by atoms with van der Waals surface area (Å²) >= 11 is 0. The van der Waals surface area contributed by atoms with E-state index in [1.54, 1.807) is 0 Å². The van der Waals surface area contributed by atoms with Gasteiger partial charge in [0.05, 0.1) is 0 Å². The second kappa shape index (κ2) is 5.35. The number of nitrogens with one attached hydrogen (secondary N) is 1. The van der Waals surface area contributed by atoms with Gasteiger partial charge in [-0.15, -0.1) is 0 Å². The van der Waals surface area contributed by atoms with Crippen LogP contribution < -0.4 is 10.2 Å². The van der Waals surface area contributed by atoms with Gasteiger partial charge < -0.3 is 10.2 Å². The Morgan fingerprint density at radius 3 is 2.79 bits per heavy atom. The lowest BCUT2D eigenvalue weighted by molar-refractivity contribution is 0.875. The predicted molar refractivity (Wildman–Crippen MR) is 82.1 cm³/mol.